The third-order valence-corrected chi connectivity index (χ3v) is 14.8. The summed E-state index contributed by atoms with van der Waals surface area (Å²) in [7, 11) is 0. The van der Waals surface area contributed by atoms with E-state index in [0.717, 1.165) is 0 Å². The van der Waals surface area contributed by atoms with Gasteiger partial charge in [0.2, 0.25) is 0 Å². The Morgan fingerprint density at radius 1 is 0.515 bits per heavy atom. The fourth-order valence-corrected chi connectivity index (χ4v) is 15.0. The molecule has 0 unspecified atom stereocenters. The molecule has 4 aromatic rings. The summed E-state index contributed by atoms with van der Waals surface area (Å²) in [5, 5.41) is 2.94. The first-order valence-corrected chi connectivity index (χ1v) is 15.0. The van der Waals surface area contributed by atoms with E-state index in [-0.39, 0.29) is 16.2 Å². The highest BCUT2D eigenvalue weighted by Gasteiger charge is 2.90. The van der Waals surface area contributed by atoms with Crippen LogP contribution in [0.3, 0.4) is 0 Å². The van der Waals surface area contributed by atoms with E-state index in [1.165, 1.54) is 30.4 Å². The van der Waals surface area contributed by atoms with Crippen LogP contribution in [0.15, 0.2) is 105 Å². The summed E-state index contributed by atoms with van der Waals surface area (Å²) in [5.74, 6) is 0. The van der Waals surface area contributed by atoms with Crippen molar-refractivity contribution in [2.45, 2.75) is 53.4 Å². The minimum absolute atomic E-state index is 0.101. The predicted molar refractivity (Wildman–Crippen MR) is 145 cm³/mol. The van der Waals surface area contributed by atoms with Gasteiger partial charge in [-0.25, -0.2) is 0 Å². The minimum atomic E-state index is 0.101. The largest absolute Gasteiger partial charge is 0.109 e. The van der Waals surface area contributed by atoms with E-state index in [2.05, 4.69) is 146 Å². The Hall–Kier alpha value is -1.46. The highest BCUT2D eigenvalue weighted by Crippen LogP contribution is 2.91. The lowest BCUT2D eigenvalue weighted by Crippen LogP contribution is -2.31. The summed E-state index contributed by atoms with van der Waals surface area (Å²) in [6.07, 6.45) is 0. The Morgan fingerprint density at radius 3 is 1.30 bits per heavy atom. The predicted octanol–water partition coefficient (Wildman–Crippen LogP) is 8.82. The van der Waals surface area contributed by atoms with Crippen LogP contribution in [0.5, 0.6) is 0 Å². The summed E-state index contributed by atoms with van der Waals surface area (Å²) in [4.78, 5) is 5.82. The van der Waals surface area contributed by atoms with Crippen LogP contribution >= 0.6 is 47.0 Å². The first-order chi connectivity index (χ1) is 16.1. The van der Waals surface area contributed by atoms with Crippen LogP contribution in [0.2, 0.25) is 0 Å². The van der Waals surface area contributed by atoms with Crippen molar-refractivity contribution in [3.05, 3.63) is 96.1 Å². The third-order valence-electron chi connectivity index (χ3n) is 8.63. The number of rotatable bonds is 2. The Bertz CT molecular complexity index is 1330. The zero-order valence-corrected chi connectivity index (χ0v) is 21.6. The molecule has 1 saturated carbocycles. The number of benzene rings is 4. The van der Waals surface area contributed by atoms with Crippen LogP contribution in [0.25, 0.3) is 10.8 Å². The third kappa shape index (κ3) is 2.07. The Morgan fingerprint density at radius 2 is 0.909 bits per heavy atom. The first kappa shape index (κ1) is 19.8. The van der Waals surface area contributed by atoms with E-state index in [9.17, 15) is 0 Å². The molecule has 2 aliphatic carbocycles. The molecule has 4 aromatic carbocycles. The number of thioether (sulfide) groups is 4. The van der Waals surface area contributed by atoms with Crippen LogP contribution in [0, 0.1) is 5.41 Å². The number of fused-ring (bicyclic) bond motifs is 5. The van der Waals surface area contributed by atoms with Crippen molar-refractivity contribution in [3.63, 3.8) is 0 Å². The molecule has 0 radical (unpaired) electrons. The Balaban J connectivity index is 1.39. The van der Waals surface area contributed by atoms with Crippen LogP contribution < -0.4 is 0 Å². The molecular weight excluding hydrogens is 477 g/mol. The van der Waals surface area contributed by atoms with Crippen molar-refractivity contribution < 1.29 is 0 Å². The van der Waals surface area contributed by atoms with Gasteiger partial charge in [-0.1, -0.05) is 74.5 Å². The van der Waals surface area contributed by atoms with Crippen LogP contribution in [-0.2, 0) is 10.8 Å². The molecule has 0 amide bonds. The van der Waals surface area contributed by atoms with Crippen LogP contribution in [-0.4, -0.2) is 9.16 Å². The first-order valence-electron chi connectivity index (χ1n) is 11.5. The number of hydrogen-bond donors (Lipinski definition) is 0. The van der Waals surface area contributed by atoms with Gasteiger partial charge in [-0.15, -0.1) is 47.0 Å². The fourth-order valence-electron chi connectivity index (χ4n) is 7.41. The normalized spacial score (nSPS) is 28.7. The average molecular weight is 499 g/mol. The van der Waals surface area contributed by atoms with Crippen molar-refractivity contribution in [1.82, 2.24) is 0 Å². The van der Waals surface area contributed by atoms with Crippen molar-refractivity contribution in [2.24, 2.45) is 5.41 Å². The molecule has 0 N–H and O–H groups in total. The summed E-state index contributed by atoms with van der Waals surface area (Å²) < 4.78 is 0.959. The van der Waals surface area contributed by atoms with Gasteiger partial charge in [-0.3, -0.25) is 0 Å². The molecule has 0 saturated heterocycles. The number of hydrogen-bond acceptors (Lipinski definition) is 4. The molecule has 2 aliphatic heterocycles. The molecule has 0 nitrogen and oxygen atoms in total. The molecule has 162 valence electrons. The fraction of sp³-hybridized carbons (Fsp3) is 0.241. The maximum Gasteiger partial charge on any atom is 0.0709 e. The molecule has 0 bridgehead atoms. The standard InChI is InChI=1S/C29H22S4/c1-27(2)28(25-30-20-13-3-4-14-21(20)31-25)18-11-7-9-17-10-8-12-19(24(17)18)29(27,28)26-32-22-15-5-6-16-23(22)33-26/h3-16,25-26H,1-2H3/t28-,29+. The maximum atomic E-state index is 2.57. The van der Waals surface area contributed by atoms with Crippen molar-refractivity contribution in [1.29, 1.82) is 0 Å². The summed E-state index contributed by atoms with van der Waals surface area (Å²) in [6, 6.07) is 32.2. The van der Waals surface area contributed by atoms with Gasteiger partial charge in [0.15, 0.2) is 0 Å². The summed E-state index contributed by atoms with van der Waals surface area (Å²) in [5.41, 5.74) is 3.56. The van der Waals surface area contributed by atoms with E-state index >= 15 is 0 Å². The van der Waals surface area contributed by atoms with Gasteiger partial charge in [0.05, 0.1) is 9.16 Å². The molecule has 2 heterocycles. The smallest absolute Gasteiger partial charge is 0.0709 e. The highest BCUT2D eigenvalue weighted by molar-refractivity contribution is 8.20. The lowest BCUT2D eigenvalue weighted by molar-refractivity contribution is 0.501. The second kappa shape index (κ2) is 6.40. The molecule has 4 aliphatic rings. The van der Waals surface area contributed by atoms with Crippen LogP contribution in [0.4, 0.5) is 0 Å². The van der Waals surface area contributed by atoms with Crippen molar-refractivity contribution in [3.8, 4) is 0 Å². The van der Waals surface area contributed by atoms with Crippen molar-refractivity contribution >= 4 is 57.8 Å². The Labute approximate surface area is 211 Å². The lowest BCUT2D eigenvalue weighted by atomic mass is 9.85. The zero-order valence-electron chi connectivity index (χ0n) is 18.4. The molecule has 0 spiro atoms. The van der Waals surface area contributed by atoms with Gasteiger partial charge >= 0.3 is 0 Å². The van der Waals surface area contributed by atoms with Crippen molar-refractivity contribution in [2.75, 3.05) is 0 Å². The van der Waals surface area contributed by atoms with Gasteiger partial charge in [-0.2, -0.15) is 0 Å². The van der Waals surface area contributed by atoms with Gasteiger partial charge in [0, 0.05) is 30.4 Å². The molecule has 33 heavy (non-hydrogen) atoms. The quantitative estimate of drug-likeness (QED) is 0.271. The second-order valence-corrected chi connectivity index (χ2v) is 15.2. The topological polar surface area (TPSA) is 0 Å². The summed E-state index contributed by atoms with van der Waals surface area (Å²) in [6.45, 7) is 5.13. The minimum Gasteiger partial charge on any atom is -0.109 e. The van der Waals surface area contributed by atoms with Gasteiger partial charge in [0.25, 0.3) is 0 Å². The maximum absolute atomic E-state index is 2.57. The highest BCUT2D eigenvalue weighted by atomic mass is 32.2. The molecule has 2 atom stereocenters. The molecule has 0 aromatic heterocycles. The van der Waals surface area contributed by atoms with E-state index < -0.39 is 0 Å². The molecule has 1 fully saturated rings. The molecular formula is C29H22S4. The van der Waals surface area contributed by atoms with Crippen LogP contribution in [0.1, 0.15) is 25.0 Å². The Kier molecular flexibility index (Phi) is 3.84. The SMILES string of the molecule is CC1(C)[C@@]2(C3Sc4ccccc4S3)c3cccc4cccc(c34)[C@@]12C1Sc2ccccc2S1. The molecule has 4 heteroatoms. The molecule has 8 rings (SSSR count). The monoisotopic (exact) mass is 498 g/mol. The van der Waals surface area contributed by atoms with E-state index in [4.69, 9.17) is 0 Å². The van der Waals surface area contributed by atoms with Gasteiger partial charge < -0.3 is 0 Å². The lowest BCUT2D eigenvalue weighted by Gasteiger charge is -2.28. The second-order valence-electron chi connectivity index (χ2n) is 9.98. The van der Waals surface area contributed by atoms with Gasteiger partial charge in [-0.05, 0) is 51.6 Å². The van der Waals surface area contributed by atoms with E-state index in [0.29, 0.717) is 9.16 Å². The summed E-state index contributed by atoms with van der Waals surface area (Å²) >= 11 is 8.47. The van der Waals surface area contributed by atoms with E-state index in [1.54, 1.807) is 11.1 Å². The zero-order chi connectivity index (χ0) is 22.0. The van der Waals surface area contributed by atoms with E-state index in [1.807, 2.05) is 0 Å². The van der Waals surface area contributed by atoms with Gasteiger partial charge in [0.1, 0.15) is 0 Å². The average Bonchev–Trinajstić information content (AvgIpc) is 3.32.